The topological polar surface area (TPSA) is 50.8 Å². The van der Waals surface area contributed by atoms with Gasteiger partial charge >= 0.3 is 6.09 Å². The molecule has 1 saturated heterocycles. The first kappa shape index (κ1) is 20.5. The zero-order chi connectivity index (χ0) is 20.1. The Balaban J connectivity index is 1.45. The van der Waals surface area contributed by atoms with Gasteiger partial charge in [-0.3, -0.25) is 10.3 Å². The quantitative estimate of drug-likeness (QED) is 0.654. The van der Waals surface area contributed by atoms with Gasteiger partial charge in [0, 0.05) is 17.6 Å². The number of rotatable bonds is 6. The van der Waals surface area contributed by atoms with Crippen molar-refractivity contribution in [1.29, 1.82) is 0 Å². The summed E-state index contributed by atoms with van der Waals surface area (Å²) < 4.78 is 5.47. The molecule has 28 heavy (non-hydrogen) atoms. The van der Waals surface area contributed by atoms with E-state index in [1.54, 1.807) is 0 Å². The van der Waals surface area contributed by atoms with Gasteiger partial charge in [0.1, 0.15) is 5.60 Å². The fourth-order valence-electron chi connectivity index (χ4n) is 2.98. The van der Waals surface area contributed by atoms with Gasteiger partial charge in [0.25, 0.3) is 0 Å². The maximum Gasteiger partial charge on any atom is 0.410 e. The third-order valence-electron chi connectivity index (χ3n) is 4.54. The molecule has 1 fully saturated rings. The molecule has 1 aliphatic rings. The highest BCUT2D eigenvalue weighted by Crippen LogP contribution is 2.25. The summed E-state index contributed by atoms with van der Waals surface area (Å²) in [6.45, 7) is 6.88. The Hall–Kier alpha value is -2.24. The van der Waals surface area contributed by atoms with Crippen molar-refractivity contribution >= 4 is 23.4 Å². The van der Waals surface area contributed by atoms with Crippen LogP contribution in [0, 0.1) is 0 Å². The first-order valence-electron chi connectivity index (χ1n) is 9.51. The van der Waals surface area contributed by atoms with Crippen LogP contribution in [0.5, 0.6) is 0 Å². The number of hydrogen-bond donors (Lipinski definition) is 1. The second-order valence-corrected chi connectivity index (χ2v) is 8.47. The van der Waals surface area contributed by atoms with Crippen molar-refractivity contribution in [3.63, 3.8) is 0 Å². The van der Waals surface area contributed by atoms with E-state index in [1.165, 1.54) is 5.56 Å². The predicted octanol–water partition coefficient (Wildman–Crippen LogP) is 5.44. The first-order chi connectivity index (χ1) is 13.3. The minimum Gasteiger partial charge on any atom is -0.444 e. The van der Waals surface area contributed by atoms with Crippen molar-refractivity contribution < 1.29 is 14.4 Å². The van der Waals surface area contributed by atoms with E-state index >= 15 is 0 Å². The molecular weight excluding hydrogens is 376 g/mol. The van der Waals surface area contributed by atoms with Gasteiger partial charge in [0.15, 0.2) is 0 Å². The summed E-state index contributed by atoms with van der Waals surface area (Å²) >= 11 is 5.88. The minimum atomic E-state index is -0.462. The van der Waals surface area contributed by atoms with Gasteiger partial charge in [-0.2, -0.15) is 0 Å². The van der Waals surface area contributed by atoms with E-state index in [1.807, 2.05) is 62.1 Å². The molecule has 2 aromatic rings. The third kappa shape index (κ3) is 5.88. The first-order valence-corrected chi connectivity index (χ1v) is 9.89. The highest BCUT2D eigenvalue weighted by Gasteiger charge is 2.35. The molecule has 0 radical (unpaired) electrons. The molecule has 0 aliphatic carbocycles. The maximum atomic E-state index is 12.2. The summed E-state index contributed by atoms with van der Waals surface area (Å²) in [6, 6.07) is 15.8. The summed E-state index contributed by atoms with van der Waals surface area (Å²) in [7, 11) is 0. The highest BCUT2D eigenvalue weighted by atomic mass is 35.5. The van der Waals surface area contributed by atoms with Crippen LogP contribution in [-0.4, -0.2) is 29.2 Å². The number of halogens is 1. The normalized spacial score (nSPS) is 16.4. The molecule has 6 heteroatoms. The lowest BCUT2D eigenvalue weighted by Gasteiger charge is -2.41. The van der Waals surface area contributed by atoms with Crippen molar-refractivity contribution in [3.8, 4) is 0 Å². The molecule has 5 nitrogen and oxygen atoms in total. The zero-order valence-corrected chi connectivity index (χ0v) is 17.3. The van der Waals surface area contributed by atoms with Gasteiger partial charge < -0.3 is 9.64 Å². The number of anilines is 1. The van der Waals surface area contributed by atoms with Crippen molar-refractivity contribution in [3.05, 3.63) is 64.7 Å². The Morgan fingerprint density at radius 1 is 1.11 bits per heavy atom. The standard InChI is InChI=1S/C22H27ClN2O3/c1-22(2,3)28-21(26)25-13-12-20(25)14-16-6-10-19(11-7-16)24-27-15-17-4-8-18(23)9-5-17/h4-11,20,24H,12-15H2,1-3H3/t20-/m1/s1. The second-order valence-electron chi connectivity index (χ2n) is 8.03. The lowest BCUT2D eigenvalue weighted by Crippen LogP contribution is -2.53. The number of hydrogen-bond acceptors (Lipinski definition) is 4. The molecule has 1 atom stereocenters. The van der Waals surface area contributed by atoms with E-state index in [4.69, 9.17) is 21.2 Å². The van der Waals surface area contributed by atoms with Crippen LogP contribution in [-0.2, 0) is 22.6 Å². The molecule has 0 spiro atoms. The second kappa shape index (κ2) is 8.84. The average Bonchev–Trinajstić information content (AvgIpc) is 2.60. The van der Waals surface area contributed by atoms with Crippen LogP contribution < -0.4 is 5.48 Å². The summed E-state index contributed by atoms with van der Waals surface area (Å²) in [4.78, 5) is 19.6. The summed E-state index contributed by atoms with van der Waals surface area (Å²) in [5.74, 6) is 0. The highest BCUT2D eigenvalue weighted by molar-refractivity contribution is 6.30. The summed E-state index contributed by atoms with van der Waals surface area (Å²) in [5, 5.41) is 0.712. The number of nitrogens with zero attached hydrogens (tertiary/aromatic N) is 1. The molecule has 1 aliphatic heterocycles. The van der Waals surface area contributed by atoms with Crippen molar-refractivity contribution in [2.24, 2.45) is 0 Å². The van der Waals surface area contributed by atoms with Crippen molar-refractivity contribution in [2.45, 2.75) is 51.9 Å². The molecule has 150 valence electrons. The number of amides is 1. The lowest BCUT2D eigenvalue weighted by molar-refractivity contribution is -0.00498. The van der Waals surface area contributed by atoms with Crippen LogP contribution in [0.1, 0.15) is 38.3 Å². The molecular formula is C22H27ClN2O3. The monoisotopic (exact) mass is 402 g/mol. The molecule has 0 aromatic heterocycles. The van der Waals surface area contributed by atoms with E-state index < -0.39 is 5.60 Å². The van der Waals surface area contributed by atoms with Crippen LogP contribution in [0.25, 0.3) is 0 Å². The van der Waals surface area contributed by atoms with Crippen LogP contribution in [0.15, 0.2) is 48.5 Å². The number of ether oxygens (including phenoxy) is 1. The Bertz CT molecular complexity index is 785. The smallest absolute Gasteiger partial charge is 0.410 e. The third-order valence-corrected chi connectivity index (χ3v) is 4.79. The minimum absolute atomic E-state index is 0.204. The largest absolute Gasteiger partial charge is 0.444 e. The number of benzene rings is 2. The SMILES string of the molecule is CC(C)(C)OC(=O)N1CC[C@@H]1Cc1ccc(NOCc2ccc(Cl)cc2)cc1. The fourth-order valence-corrected chi connectivity index (χ4v) is 3.10. The van der Waals surface area contributed by atoms with Crippen LogP contribution in [0.2, 0.25) is 5.02 Å². The van der Waals surface area contributed by atoms with Crippen molar-refractivity contribution in [1.82, 2.24) is 4.90 Å². The van der Waals surface area contributed by atoms with Crippen LogP contribution in [0.3, 0.4) is 0 Å². The van der Waals surface area contributed by atoms with Crippen LogP contribution in [0.4, 0.5) is 10.5 Å². The van der Waals surface area contributed by atoms with E-state index in [0.29, 0.717) is 11.6 Å². The Labute approximate surface area is 171 Å². The Kier molecular flexibility index (Phi) is 6.47. The van der Waals surface area contributed by atoms with Gasteiger partial charge in [0.05, 0.1) is 12.3 Å². The molecule has 1 heterocycles. The van der Waals surface area contributed by atoms with E-state index in [2.05, 4.69) is 17.6 Å². The number of likely N-dealkylation sites (tertiary alicyclic amines) is 1. The summed E-state index contributed by atoms with van der Waals surface area (Å²) in [6.07, 6.45) is 1.60. The molecule has 3 rings (SSSR count). The molecule has 0 saturated carbocycles. The number of carbonyl (C=O) groups excluding carboxylic acids is 1. The molecule has 0 unspecified atom stereocenters. The van der Waals surface area contributed by atoms with Gasteiger partial charge in [-0.25, -0.2) is 4.79 Å². The van der Waals surface area contributed by atoms with E-state index in [9.17, 15) is 4.79 Å². The fraction of sp³-hybridized carbons (Fsp3) is 0.409. The number of carbonyl (C=O) groups is 1. The van der Waals surface area contributed by atoms with Gasteiger partial charge in [-0.1, -0.05) is 35.9 Å². The Morgan fingerprint density at radius 3 is 2.32 bits per heavy atom. The molecule has 1 N–H and O–H groups in total. The molecule has 1 amide bonds. The molecule has 0 bridgehead atoms. The summed E-state index contributed by atoms with van der Waals surface area (Å²) in [5.41, 5.74) is 5.60. The zero-order valence-electron chi connectivity index (χ0n) is 16.6. The van der Waals surface area contributed by atoms with Gasteiger partial charge in [-0.05, 0) is 69.0 Å². The van der Waals surface area contributed by atoms with Gasteiger partial charge in [-0.15, -0.1) is 0 Å². The lowest BCUT2D eigenvalue weighted by atomic mass is 9.95. The van der Waals surface area contributed by atoms with Crippen molar-refractivity contribution in [2.75, 3.05) is 12.0 Å². The van der Waals surface area contributed by atoms with Gasteiger partial charge in [0.2, 0.25) is 0 Å². The predicted molar refractivity (Wildman–Crippen MR) is 111 cm³/mol. The van der Waals surface area contributed by atoms with Crippen LogP contribution >= 0.6 is 11.6 Å². The number of nitrogens with one attached hydrogen (secondary N) is 1. The van der Waals surface area contributed by atoms with E-state index in [-0.39, 0.29) is 12.1 Å². The molecule has 2 aromatic carbocycles. The average molecular weight is 403 g/mol. The Morgan fingerprint density at radius 2 is 1.75 bits per heavy atom. The maximum absolute atomic E-state index is 12.2. The van der Waals surface area contributed by atoms with E-state index in [0.717, 1.165) is 30.6 Å².